The van der Waals surface area contributed by atoms with Crippen LogP contribution in [0, 0.1) is 0 Å². The van der Waals surface area contributed by atoms with Crippen molar-refractivity contribution in [2.75, 3.05) is 18.5 Å². The van der Waals surface area contributed by atoms with E-state index < -0.39 is 0 Å². The topological polar surface area (TPSA) is 30.5 Å². The third kappa shape index (κ3) is 2.84. The van der Waals surface area contributed by atoms with Crippen molar-refractivity contribution in [3.63, 3.8) is 0 Å². The first-order chi connectivity index (χ1) is 9.33. The first-order valence-electron chi connectivity index (χ1n) is 6.20. The van der Waals surface area contributed by atoms with Gasteiger partial charge in [0.15, 0.2) is 11.5 Å². The smallest absolute Gasteiger partial charge is 0.166 e. The first-order valence-corrected chi connectivity index (χ1v) is 6.99. The third-order valence-electron chi connectivity index (χ3n) is 2.97. The summed E-state index contributed by atoms with van der Waals surface area (Å²) in [6.45, 7) is 1.95. The Morgan fingerprint density at radius 1 is 1.00 bits per heavy atom. The van der Waals surface area contributed by atoms with Crippen LogP contribution in [0.25, 0.3) is 0 Å². The highest BCUT2D eigenvalue weighted by Crippen LogP contribution is 2.33. The molecule has 0 spiro atoms. The Hall–Kier alpha value is -1.68. The standard InChI is InChI=1S/C15H14BrNO2/c16-12-4-6-13(7-5-12)17-10-11-2-1-3-14-15(11)19-9-8-18-14/h1-7,17H,8-10H2. The van der Waals surface area contributed by atoms with E-state index in [4.69, 9.17) is 9.47 Å². The molecule has 1 heterocycles. The molecule has 0 aliphatic carbocycles. The fourth-order valence-corrected chi connectivity index (χ4v) is 2.30. The van der Waals surface area contributed by atoms with E-state index in [0.29, 0.717) is 19.8 Å². The van der Waals surface area contributed by atoms with Gasteiger partial charge in [0.05, 0.1) is 0 Å². The van der Waals surface area contributed by atoms with Crippen LogP contribution in [0.2, 0.25) is 0 Å². The molecule has 0 amide bonds. The van der Waals surface area contributed by atoms with E-state index in [2.05, 4.69) is 27.3 Å². The van der Waals surface area contributed by atoms with E-state index >= 15 is 0 Å². The number of hydrogen-bond donors (Lipinski definition) is 1. The molecule has 1 aliphatic heterocycles. The maximum absolute atomic E-state index is 5.69. The molecule has 0 unspecified atom stereocenters. The lowest BCUT2D eigenvalue weighted by molar-refractivity contribution is 0.170. The van der Waals surface area contributed by atoms with Crippen LogP contribution in [0.5, 0.6) is 11.5 Å². The average molecular weight is 320 g/mol. The van der Waals surface area contributed by atoms with Crippen molar-refractivity contribution in [2.24, 2.45) is 0 Å². The van der Waals surface area contributed by atoms with E-state index in [0.717, 1.165) is 27.2 Å². The Morgan fingerprint density at radius 3 is 2.63 bits per heavy atom. The summed E-state index contributed by atoms with van der Waals surface area (Å²) < 4.78 is 12.3. The number of fused-ring (bicyclic) bond motifs is 1. The number of rotatable bonds is 3. The van der Waals surface area contributed by atoms with Crippen LogP contribution in [-0.4, -0.2) is 13.2 Å². The molecule has 4 heteroatoms. The summed E-state index contributed by atoms with van der Waals surface area (Å²) in [4.78, 5) is 0. The van der Waals surface area contributed by atoms with Crippen molar-refractivity contribution in [3.05, 3.63) is 52.5 Å². The Kier molecular flexibility index (Phi) is 3.60. The summed E-state index contributed by atoms with van der Waals surface area (Å²) in [5, 5.41) is 3.38. The molecule has 0 saturated heterocycles. The predicted octanol–water partition coefficient (Wildman–Crippen LogP) is 3.83. The minimum atomic E-state index is 0.613. The zero-order valence-electron chi connectivity index (χ0n) is 10.4. The van der Waals surface area contributed by atoms with Crippen molar-refractivity contribution in [3.8, 4) is 11.5 Å². The average Bonchev–Trinajstić information content (AvgIpc) is 2.47. The molecular formula is C15H14BrNO2. The Bertz CT molecular complexity index is 569. The van der Waals surface area contributed by atoms with Crippen LogP contribution < -0.4 is 14.8 Å². The van der Waals surface area contributed by atoms with Gasteiger partial charge >= 0.3 is 0 Å². The summed E-state index contributed by atoms with van der Waals surface area (Å²) in [5.41, 5.74) is 2.19. The molecule has 0 atom stereocenters. The van der Waals surface area contributed by atoms with Gasteiger partial charge in [-0.1, -0.05) is 28.1 Å². The van der Waals surface area contributed by atoms with Crippen molar-refractivity contribution >= 4 is 21.6 Å². The summed E-state index contributed by atoms with van der Waals surface area (Å²) in [7, 11) is 0. The van der Waals surface area contributed by atoms with E-state index in [9.17, 15) is 0 Å². The zero-order valence-corrected chi connectivity index (χ0v) is 11.9. The number of para-hydroxylation sites is 1. The second-order valence-corrected chi connectivity index (χ2v) is 5.22. The molecular weight excluding hydrogens is 306 g/mol. The van der Waals surface area contributed by atoms with Crippen LogP contribution in [-0.2, 0) is 6.54 Å². The number of anilines is 1. The third-order valence-corrected chi connectivity index (χ3v) is 3.50. The molecule has 0 bridgehead atoms. The first kappa shape index (κ1) is 12.4. The zero-order chi connectivity index (χ0) is 13.1. The molecule has 0 saturated carbocycles. The molecule has 0 fully saturated rings. The Balaban J connectivity index is 1.75. The molecule has 2 aromatic rings. The lowest BCUT2D eigenvalue weighted by Gasteiger charge is -2.21. The summed E-state index contributed by atoms with van der Waals surface area (Å²) in [6.07, 6.45) is 0. The number of hydrogen-bond acceptors (Lipinski definition) is 3. The van der Waals surface area contributed by atoms with Gasteiger partial charge in [0.1, 0.15) is 13.2 Å². The van der Waals surface area contributed by atoms with Crippen LogP contribution in [0.1, 0.15) is 5.56 Å². The van der Waals surface area contributed by atoms with Gasteiger partial charge in [-0.25, -0.2) is 0 Å². The van der Waals surface area contributed by atoms with Gasteiger partial charge in [0, 0.05) is 22.3 Å². The molecule has 1 aliphatic rings. The van der Waals surface area contributed by atoms with Crippen molar-refractivity contribution in [1.29, 1.82) is 0 Å². The molecule has 1 N–H and O–H groups in total. The van der Waals surface area contributed by atoms with Crippen molar-refractivity contribution < 1.29 is 9.47 Å². The number of benzene rings is 2. The summed E-state index contributed by atoms with van der Waals surface area (Å²) >= 11 is 3.43. The van der Waals surface area contributed by atoms with Gasteiger partial charge in [-0.15, -0.1) is 0 Å². The van der Waals surface area contributed by atoms with Crippen LogP contribution in [0.3, 0.4) is 0 Å². The van der Waals surface area contributed by atoms with Gasteiger partial charge in [0.25, 0.3) is 0 Å². The number of nitrogens with one attached hydrogen (secondary N) is 1. The molecule has 0 aromatic heterocycles. The normalized spacial score (nSPS) is 13.1. The van der Waals surface area contributed by atoms with E-state index in [1.165, 1.54) is 0 Å². The fourth-order valence-electron chi connectivity index (χ4n) is 2.04. The summed E-state index contributed by atoms with van der Waals surface area (Å²) in [6, 6.07) is 14.1. The monoisotopic (exact) mass is 319 g/mol. The molecule has 3 rings (SSSR count). The van der Waals surface area contributed by atoms with Gasteiger partial charge in [0.2, 0.25) is 0 Å². The minimum absolute atomic E-state index is 0.613. The fraction of sp³-hybridized carbons (Fsp3) is 0.200. The molecule has 98 valence electrons. The Morgan fingerprint density at radius 2 is 1.79 bits per heavy atom. The maximum Gasteiger partial charge on any atom is 0.166 e. The highest BCUT2D eigenvalue weighted by Gasteiger charge is 2.14. The lowest BCUT2D eigenvalue weighted by Crippen LogP contribution is -2.17. The predicted molar refractivity (Wildman–Crippen MR) is 78.9 cm³/mol. The van der Waals surface area contributed by atoms with E-state index in [1.807, 2.05) is 36.4 Å². The molecule has 0 radical (unpaired) electrons. The number of ether oxygens (including phenoxy) is 2. The summed E-state index contributed by atoms with van der Waals surface area (Å²) in [5.74, 6) is 1.69. The van der Waals surface area contributed by atoms with Crippen LogP contribution in [0.15, 0.2) is 46.9 Å². The molecule has 2 aromatic carbocycles. The van der Waals surface area contributed by atoms with Crippen molar-refractivity contribution in [2.45, 2.75) is 6.54 Å². The highest BCUT2D eigenvalue weighted by atomic mass is 79.9. The second-order valence-electron chi connectivity index (χ2n) is 4.30. The van der Waals surface area contributed by atoms with Gasteiger partial charge in [-0.2, -0.15) is 0 Å². The number of halogens is 1. The van der Waals surface area contributed by atoms with Crippen LogP contribution in [0.4, 0.5) is 5.69 Å². The van der Waals surface area contributed by atoms with Gasteiger partial charge in [-0.05, 0) is 30.3 Å². The molecule has 3 nitrogen and oxygen atoms in total. The van der Waals surface area contributed by atoms with Crippen molar-refractivity contribution in [1.82, 2.24) is 0 Å². The van der Waals surface area contributed by atoms with E-state index in [1.54, 1.807) is 0 Å². The largest absolute Gasteiger partial charge is 0.486 e. The quantitative estimate of drug-likeness (QED) is 0.932. The lowest BCUT2D eigenvalue weighted by atomic mass is 10.1. The van der Waals surface area contributed by atoms with E-state index in [-0.39, 0.29) is 0 Å². The SMILES string of the molecule is Brc1ccc(NCc2cccc3c2OCCO3)cc1. The van der Waals surface area contributed by atoms with Gasteiger partial charge < -0.3 is 14.8 Å². The van der Waals surface area contributed by atoms with Crippen LogP contribution >= 0.6 is 15.9 Å². The minimum Gasteiger partial charge on any atom is -0.486 e. The second kappa shape index (κ2) is 5.53. The maximum atomic E-state index is 5.69. The molecule has 19 heavy (non-hydrogen) atoms. The highest BCUT2D eigenvalue weighted by molar-refractivity contribution is 9.10. The van der Waals surface area contributed by atoms with Gasteiger partial charge in [-0.3, -0.25) is 0 Å². The Labute approximate surface area is 120 Å².